The van der Waals surface area contributed by atoms with Crippen LogP contribution in [0.4, 0.5) is 5.69 Å². The van der Waals surface area contributed by atoms with Crippen LogP contribution in [0.1, 0.15) is 6.42 Å². The fourth-order valence-electron chi connectivity index (χ4n) is 2.02. The number of rotatable bonds is 5. The van der Waals surface area contributed by atoms with Gasteiger partial charge < -0.3 is 10.1 Å². The van der Waals surface area contributed by atoms with Crippen molar-refractivity contribution in [1.29, 1.82) is 0 Å². The Labute approximate surface area is 123 Å². The summed E-state index contributed by atoms with van der Waals surface area (Å²) in [7, 11) is -1.34. The summed E-state index contributed by atoms with van der Waals surface area (Å²) < 4.78 is 27.8. The Bertz CT molecular complexity index is 586. The number of carbonyl (C=O) groups excluding carboxylic acids is 1. The van der Waals surface area contributed by atoms with Crippen molar-refractivity contribution in [3.8, 4) is 5.75 Å². The van der Waals surface area contributed by atoms with Crippen LogP contribution < -0.4 is 10.1 Å². The van der Waals surface area contributed by atoms with Crippen LogP contribution in [0.15, 0.2) is 24.3 Å². The van der Waals surface area contributed by atoms with Crippen molar-refractivity contribution < 1.29 is 17.9 Å². The number of methoxy groups -OCH3 is 1. The molecule has 5 nitrogen and oxygen atoms in total. The average molecular weight is 315 g/mol. The number of hydrogen-bond acceptors (Lipinski definition) is 5. The maximum Gasteiger partial charge on any atom is 0.234 e. The lowest BCUT2D eigenvalue weighted by atomic mass is 10.3. The zero-order valence-corrected chi connectivity index (χ0v) is 12.8. The van der Waals surface area contributed by atoms with E-state index in [1.54, 1.807) is 19.2 Å². The number of ether oxygens (including phenoxy) is 1. The smallest absolute Gasteiger partial charge is 0.234 e. The number of amides is 1. The molecule has 0 spiro atoms. The molecule has 20 heavy (non-hydrogen) atoms. The SMILES string of the molecule is COc1ccccc1NC(=O)CSC1CCS(=O)(=O)C1. The molecule has 1 amide bonds. The number of hydrogen-bond donors (Lipinski definition) is 1. The van der Waals surface area contributed by atoms with E-state index in [-0.39, 0.29) is 28.4 Å². The second kappa shape index (κ2) is 6.49. The van der Waals surface area contributed by atoms with Crippen molar-refractivity contribution in [2.24, 2.45) is 0 Å². The van der Waals surface area contributed by atoms with E-state index in [9.17, 15) is 13.2 Å². The average Bonchev–Trinajstić information content (AvgIpc) is 2.77. The van der Waals surface area contributed by atoms with Gasteiger partial charge in [0.2, 0.25) is 5.91 Å². The van der Waals surface area contributed by atoms with Gasteiger partial charge in [-0.25, -0.2) is 8.42 Å². The number of para-hydroxylation sites is 2. The highest BCUT2D eigenvalue weighted by Gasteiger charge is 2.28. The molecule has 0 aromatic heterocycles. The van der Waals surface area contributed by atoms with Gasteiger partial charge in [-0.05, 0) is 18.6 Å². The Morgan fingerprint density at radius 2 is 2.20 bits per heavy atom. The van der Waals surface area contributed by atoms with E-state index in [4.69, 9.17) is 4.74 Å². The second-order valence-electron chi connectivity index (χ2n) is 4.58. The lowest BCUT2D eigenvalue weighted by molar-refractivity contribution is -0.113. The van der Waals surface area contributed by atoms with Gasteiger partial charge in [0.1, 0.15) is 5.75 Å². The van der Waals surface area contributed by atoms with Crippen molar-refractivity contribution in [3.63, 3.8) is 0 Å². The molecule has 2 rings (SSSR count). The molecule has 0 saturated carbocycles. The molecule has 1 aromatic rings. The third-order valence-corrected chi connectivity index (χ3v) is 6.30. The van der Waals surface area contributed by atoms with E-state index in [1.807, 2.05) is 12.1 Å². The number of carbonyl (C=O) groups is 1. The summed E-state index contributed by atoms with van der Waals surface area (Å²) >= 11 is 1.40. The van der Waals surface area contributed by atoms with E-state index in [1.165, 1.54) is 11.8 Å². The molecule has 1 N–H and O–H groups in total. The Balaban J connectivity index is 1.84. The first kappa shape index (κ1) is 15.2. The highest BCUT2D eigenvalue weighted by atomic mass is 32.2. The summed E-state index contributed by atoms with van der Waals surface area (Å²) in [6.45, 7) is 0. The van der Waals surface area contributed by atoms with Gasteiger partial charge >= 0.3 is 0 Å². The Hall–Kier alpha value is -1.21. The monoisotopic (exact) mass is 315 g/mol. The zero-order chi connectivity index (χ0) is 14.6. The largest absolute Gasteiger partial charge is 0.495 e. The molecule has 1 saturated heterocycles. The molecule has 0 aliphatic carbocycles. The summed E-state index contributed by atoms with van der Waals surface area (Å²) in [6, 6.07) is 7.18. The Kier molecular flexibility index (Phi) is 4.93. The van der Waals surface area contributed by atoms with Gasteiger partial charge in [-0.1, -0.05) is 12.1 Å². The second-order valence-corrected chi connectivity index (χ2v) is 8.10. The minimum absolute atomic E-state index is 0.0309. The molecule has 110 valence electrons. The molecule has 1 atom stereocenters. The first-order chi connectivity index (χ1) is 9.50. The van der Waals surface area contributed by atoms with E-state index in [0.717, 1.165) is 0 Å². The normalized spacial score (nSPS) is 20.6. The fraction of sp³-hybridized carbons (Fsp3) is 0.462. The lowest BCUT2D eigenvalue weighted by Gasteiger charge is -2.11. The summed E-state index contributed by atoms with van der Waals surface area (Å²) in [4.78, 5) is 11.9. The minimum Gasteiger partial charge on any atom is -0.495 e. The van der Waals surface area contributed by atoms with Crippen molar-refractivity contribution >= 4 is 33.2 Å². The highest BCUT2D eigenvalue weighted by molar-refractivity contribution is 8.02. The molecule has 1 aromatic carbocycles. The van der Waals surface area contributed by atoms with E-state index >= 15 is 0 Å². The van der Waals surface area contributed by atoms with Crippen molar-refractivity contribution in [1.82, 2.24) is 0 Å². The highest BCUT2D eigenvalue weighted by Crippen LogP contribution is 2.26. The summed E-state index contributed by atoms with van der Waals surface area (Å²) in [5.41, 5.74) is 0.625. The van der Waals surface area contributed by atoms with Gasteiger partial charge in [0, 0.05) is 5.25 Å². The van der Waals surface area contributed by atoms with Crippen molar-refractivity contribution in [3.05, 3.63) is 24.3 Å². The number of nitrogens with one attached hydrogen (secondary N) is 1. The Morgan fingerprint density at radius 1 is 1.45 bits per heavy atom. The van der Waals surface area contributed by atoms with Crippen molar-refractivity contribution in [2.75, 3.05) is 29.7 Å². The zero-order valence-electron chi connectivity index (χ0n) is 11.2. The van der Waals surface area contributed by atoms with E-state index in [0.29, 0.717) is 17.9 Å². The maximum absolute atomic E-state index is 11.9. The Morgan fingerprint density at radius 3 is 2.85 bits per heavy atom. The van der Waals surface area contributed by atoms with Crippen LogP contribution in [0.25, 0.3) is 0 Å². The van der Waals surface area contributed by atoms with E-state index in [2.05, 4.69) is 5.32 Å². The number of anilines is 1. The maximum atomic E-state index is 11.9. The molecule has 1 aliphatic rings. The molecular weight excluding hydrogens is 298 g/mol. The summed E-state index contributed by atoms with van der Waals surface area (Å²) in [5.74, 6) is 1.12. The quantitative estimate of drug-likeness (QED) is 0.892. The molecule has 7 heteroatoms. The molecule has 0 bridgehead atoms. The third-order valence-electron chi connectivity index (χ3n) is 3.02. The minimum atomic E-state index is -2.89. The van der Waals surface area contributed by atoms with E-state index < -0.39 is 9.84 Å². The topological polar surface area (TPSA) is 72.5 Å². The van der Waals surface area contributed by atoms with Crippen LogP contribution in [0.3, 0.4) is 0 Å². The van der Waals surface area contributed by atoms with Crippen LogP contribution in [0.5, 0.6) is 5.75 Å². The predicted octanol–water partition coefficient (Wildman–Crippen LogP) is 1.55. The lowest BCUT2D eigenvalue weighted by Crippen LogP contribution is -2.17. The van der Waals surface area contributed by atoms with Crippen LogP contribution >= 0.6 is 11.8 Å². The predicted molar refractivity (Wildman–Crippen MR) is 81.1 cm³/mol. The summed E-state index contributed by atoms with van der Waals surface area (Å²) in [5, 5.41) is 2.80. The number of benzene rings is 1. The summed E-state index contributed by atoms with van der Waals surface area (Å²) in [6.07, 6.45) is 0.634. The van der Waals surface area contributed by atoms with Gasteiger partial charge in [0.05, 0.1) is 30.1 Å². The first-order valence-electron chi connectivity index (χ1n) is 6.25. The molecular formula is C13H17NO4S2. The fourth-order valence-corrected chi connectivity index (χ4v) is 5.46. The third kappa shape index (κ3) is 4.14. The number of thioether (sulfide) groups is 1. The van der Waals surface area contributed by atoms with Gasteiger partial charge in [0.15, 0.2) is 9.84 Å². The molecule has 1 fully saturated rings. The van der Waals surface area contributed by atoms with Gasteiger partial charge in [-0.15, -0.1) is 11.8 Å². The van der Waals surface area contributed by atoms with Crippen molar-refractivity contribution in [2.45, 2.75) is 11.7 Å². The standard InChI is InChI=1S/C13H17NO4S2/c1-18-12-5-3-2-4-11(12)14-13(15)8-19-10-6-7-20(16,17)9-10/h2-5,10H,6-9H2,1H3,(H,14,15). The van der Waals surface area contributed by atoms with Gasteiger partial charge in [-0.2, -0.15) is 0 Å². The van der Waals surface area contributed by atoms with Gasteiger partial charge in [-0.3, -0.25) is 4.79 Å². The van der Waals surface area contributed by atoms with Gasteiger partial charge in [0.25, 0.3) is 0 Å². The number of sulfone groups is 1. The first-order valence-corrected chi connectivity index (χ1v) is 9.12. The van der Waals surface area contributed by atoms with Crippen LogP contribution in [-0.2, 0) is 14.6 Å². The van der Waals surface area contributed by atoms with Crippen LogP contribution in [0.2, 0.25) is 0 Å². The molecule has 1 heterocycles. The van der Waals surface area contributed by atoms with Crippen LogP contribution in [-0.4, -0.2) is 43.9 Å². The molecule has 1 unspecified atom stereocenters. The van der Waals surface area contributed by atoms with Crippen LogP contribution in [0, 0.1) is 0 Å². The molecule has 1 aliphatic heterocycles. The molecule has 0 radical (unpaired) electrons.